The van der Waals surface area contributed by atoms with E-state index in [1.54, 1.807) is 0 Å². The number of carbonyl (C=O) groups excluding carboxylic acids is 1. The Kier molecular flexibility index (Phi) is 7.44. The van der Waals surface area contributed by atoms with Crippen molar-refractivity contribution < 1.29 is 14.7 Å². The molecule has 4 rings (SSSR count). The van der Waals surface area contributed by atoms with Crippen molar-refractivity contribution in [3.8, 4) is 0 Å². The molecule has 29 heavy (non-hydrogen) atoms. The fraction of sp³-hybridized carbons (Fsp3) is 0.913. The van der Waals surface area contributed by atoms with Crippen LogP contribution in [0.5, 0.6) is 0 Å². The second-order valence-corrected chi connectivity index (χ2v) is 11.0. The van der Waals surface area contributed by atoms with Gasteiger partial charge in [-0.05, 0) is 56.3 Å². The smallest absolute Gasteiger partial charge is 0.306 e. The summed E-state index contributed by atoms with van der Waals surface area (Å²) in [5.41, 5.74) is 0.0265. The third-order valence-corrected chi connectivity index (χ3v) is 9.28. The molecule has 1 amide bonds. The van der Waals surface area contributed by atoms with E-state index in [0.29, 0.717) is 6.04 Å². The minimum absolute atomic E-state index is 0.00942. The number of hydrogen-bond donors (Lipinski definition) is 3. The Balaban J connectivity index is 1.35. The molecule has 4 fully saturated rings. The summed E-state index contributed by atoms with van der Waals surface area (Å²) in [6.45, 7) is 0. The number of rotatable bonds is 5. The van der Waals surface area contributed by atoms with Crippen LogP contribution in [0.1, 0.15) is 83.5 Å². The molecule has 6 unspecified atom stereocenters. The molecular formula is C23H38N2O3S. The van der Waals surface area contributed by atoms with Crippen LogP contribution >= 0.6 is 11.8 Å². The molecule has 164 valence electrons. The van der Waals surface area contributed by atoms with Gasteiger partial charge in [0.05, 0.1) is 5.92 Å². The van der Waals surface area contributed by atoms with Crippen LogP contribution in [0.4, 0.5) is 0 Å². The summed E-state index contributed by atoms with van der Waals surface area (Å²) in [6.07, 6.45) is 14.8. The molecular weight excluding hydrogens is 384 g/mol. The predicted octanol–water partition coefficient (Wildman–Crippen LogP) is 4.37. The van der Waals surface area contributed by atoms with E-state index in [1.807, 2.05) is 11.8 Å². The number of carboxylic acids is 1. The summed E-state index contributed by atoms with van der Waals surface area (Å²) in [6, 6.07) is 0.530. The topological polar surface area (TPSA) is 78.4 Å². The van der Waals surface area contributed by atoms with E-state index in [-0.39, 0.29) is 35.1 Å². The van der Waals surface area contributed by atoms with Crippen molar-refractivity contribution in [1.82, 2.24) is 10.6 Å². The first-order valence-corrected chi connectivity index (χ1v) is 13.1. The molecule has 5 nitrogen and oxygen atoms in total. The van der Waals surface area contributed by atoms with Crippen molar-refractivity contribution in [2.24, 2.45) is 29.6 Å². The van der Waals surface area contributed by atoms with Gasteiger partial charge in [-0.2, -0.15) is 0 Å². The van der Waals surface area contributed by atoms with Gasteiger partial charge >= 0.3 is 5.97 Å². The average molecular weight is 423 g/mol. The van der Waals surface area contributed by atoms with Gasteiger partial charge in [0.1, 0.15) is 5.50 Å². The van der Waals surface area contributed by atoms with Crippen molar-refractivity contribution in [3.63, 3.8) is 0 Å². The van der Waals surface area contributed by atoms with Gasteiger partial charge < -0.3 is 10.4 Å². The zero-order valence-corrected chi connectivity index (χ0v) is 18.4. The van der Waals surface area contributed by atoms with Crippen LogP contribution in [0.3, 0.4) is 0 Å². The largest absolute Gasteiger partial charge is 0.481 e. The Morgan fingerprint density at radius 2 is 1.38 bits per heavy atom. The van der Waals surface area contributed by atoms with Gasteiger partial charge in [-0.1, -0.05) is 44.9 Å². The molecule has 6 heteroatoms. The molecule has 1 aliphatic heterocycles. The Labute approximate surface area is 179 Å². The molecule has 6 atom stereocenters. The summed E-state index contributed by atoms with van der Waals surface area (Å²) in [7, 11) is 0. The number of carboxylic acid groups (broad SMARTS) is 1. The molecule has 1 saturated heterocycles. The molecule has 1 heterocycles. The molecule has 0 bridgehead atoms. The summed E-state index contributed by atoms with van der Waals surface area (Å²) in [5.74, 6) is 1.53. The summed E-state index contributed by atoms with van der Waals surface area (Å²) in [5, 5.41) is 16.7. The van der Waals surface area contributed by atoms with Crippen LogP contribution in [-0.2, 0) is 9.59 Å². The van der Waals surface area contributed by atoms with Crippen molar-refractivity contribution >= 4 is 23.6 Å². The van der Waals surface area contributed by atoms with Crippen LogP contribution in [0.25, 0.3) is 0 Å². The first kappa shape index (κ1) is 21.5. The molecule has 0 aromatic carbocycles. The second kappa shape index (κ2) is 10.0. The number of nitrogens with one attached hydrogen (secondary N) is 2. The molecule has 0 aromatic rings. The first-order chi connectivity index (χ1) is 14.1. The lowest BCUT2D eigenvalue weighted by Crippen LogP contribution is -2.49. The van der Waals surface area contributed by atoms with E-state index in [0.717, 1.165) is 63.0 Å². The Bertz CT molecular complexity index is 580. The quantitative estimate of drug-likeness (QED) is 0.613. The second-order valence-electron chi connectivity index (χ2n) is 9.84. The van der Waals surface area contributed by atoms with Crippen LogP contribution in [-0.4, -0.2) is 34.3 Å². The van der Waals surface area contributed by atoms with Gasteiger partial charge in [0.25, 0.3) is 0 Å². The van der Waals surface area contributed by atoms with Gasteiger partial charge in [-0.15, -0.1) is 11.8 Å². The van der Waals surface area contributed by atoms with E-state index in [4.69, 9.17) is 0 Å². The van der Waals surface area contributed by atoms with E-state index in [1.165, 1.54) is 32.1 Å². The monoisotopic (exact) mass is 422 g/mol. The maximum absolute atomic E-state index is 13.3. The molecule has 0 aromatic heterocycles. The normalized spacial score (nSPS) is 39.2. The van der Waals surface area contributed by atoms with Gasteiger partial charge in [-0.3, -0.25) is 14.9 Å². The van der Waals surface area contributed by atoms with Crippen molar-refractivity contribution in [3.05, 3.63) is 0 Å². The van der Waals surface area contributed by atoms with E-state index in [2.05, 4.69) is 10.6 Å². The van der Waals surface area contributed by atoms with Crippen molar-refractivity contribution in [2.75, 3.05) is 5.75 Å². The SMILES string of the molecule is O=C(O)C1CCCCC1C1CCCCC1C(=O)NC1NC(C2CCCCC2)CS1. The number of thioether (sulfide) groups is 1. The lowest BCUT2D eigenvalue weighted by Gasteiger charge is -2.41. The van der Waals surface area contributed by atoms with Crippen molar-refractivity contribution in [1.29, 1.82) is 0 Å². The minimum Gasteiger partial charge on any atom is -0.481 e. The summed E-state index contributed by atoms with van der Waals surface area (Å²) in [4.78, 5) is 25.1. The highest BCUT2D eigenvalue weighted by Gasteiger charge is 2.43. The highest BCUT2D eigenvalue weighted by atomic mass is 32.2. The Morgan fingerprint density at radius 3 is 2.07 bits per heavy atom. The zero-order valence-electron chi connectivity index (χ0n) is 17.6. The molecule has 0 spiro atoms. The fourth-order valence-electron chi connectivity index (χ4n) is 6.60. The van der Waals surface area contributed by atoms with E-state index < -0.39 is 5.97 Å². The first-order valence-electron chi connectivity index (χ1n) is 12.0. The Hall–Kier alpha value is -0.750. The third kappa shape index (κ3) is 5.12. The summed E-state index contributed by atoms with van der Waals surface area (Å²) >= 11 is 1.84. The maximum atomic E-state index is 13.3. The third-order valence-electron chi connectivity index (χ3n) is 8.14. The maximum Gasteiger partial charge on any atom is 0.306 e. The molecule has 3 N–H and O–H groups in total. The number of hydrogen-bond acceptors (Lipinski definition) is 4. The van der Waals surface area contributed by atoms with E-state index in [9.17, 15) is 14.7 Å². The van der Waals surface area contributed by atoms with Gasteiger partial charge in [0.15, 0.2) is 0 Å². The highest BCUT2D eigenvalue weighted by molar-refractivity contribution is 8.00. The summed E-state index contributed by atoms with van der Waals surface area (Å²) < 4.78 is 0. The fourth-order valence-corrected chi connectivity index (χ4v) is 7.83. The van der Waals surface area contributed by atoms with E-state index >= 15 is 0 Å². The highest BCUT2D eigenvalue weighted by Crippen LogP contribution is 2.44. The molecule has 3 aliphatic carbocycles. The van der Waals surface area contributed by atoms with Gasteiger partial charge in [0, 0.05) is 17.7 Å². The van der Waals surface area contributed by atoms with Crippen LogP contribution in [0.15, 0.2) is 0 Å². The lowest BCUT2D eigenvalue weighted by atomic mass is 9.64. The molecule has 3 saturated carbocycles. The van der Waals surface area contributed by atoms with Crippen LogP contribution in [0.2, 0.25) is 0 Å². The van der Waals surface area contributed by atoms with Crippen LogP contribution < -0.4 is 10.6 Å². The number of carbonyl (C=O) groups is 2. The number of aliphatic carboxylic acids is 1. The van der Waals surface area contributed by atoms with Crippen LogP contribution in [0, 0.1) is 29.6 Å². The van der Waals surface area contributed by atoms with Gasteiger partial charge in [-0.25, -0.2) is 0 Å². The van der Waals surface area contributed by atoms with Crippen molar-refractivity contribution in [2.45, 2.75) is 95.0 Å². The molecule has 4 aliphatic rings. The standard InChI is InChI=1S/C23H38N2O3S/c26-21(25-23-24-20(14-29-23)15-8-2-1-3-9-15)18-12-6-4-10-16(18)17-11-5-7-13-19(17)22(27)28/h15-20,23-24H,1-14H2,(H,25,26)(H,27,28). The molecule has 0 radical (unpaired) electrons. The Morgan fingerprint density at radius 1 is 0.793 bits per heavy atom. The lowest BCUT2D eigenvalue weighted by molar-refractivity contribution is -0.148. The average Bonchev–Trinajstić information content (AvgIpc) is 3.23. The number of amides is 1. The van der Waals surface area contributed by atoms with Gasteiger partial charge in [0.2, 0.25) is 5.91 Å². The predicted molar refractivity (Wildman–Crippen MR) is 116 cm³/mol. The zero-order chi connectivity index (χ0) is 20.2. The minimum atomic E-state index is -0.650.